The number of aromatic nitrogens is 1. The molecule has 132 valence electrons. The first-order valence-electron chi connectivity index (χ1n) is 8.03. The minimum absolute atomic E-state index is 0.357. The number of ether oxygens (including phenoxy) is 1. The molecule has 2 aromatic carbocycles. The molecular formula is C20H17BrN2O3. The first kappa shape index (κ1) is 18.1. The molecule has 0 spiro atoms. The zero-order valence-corrected chi connectivity index (χ0v) is 16.0. The smallest absolute Gasteiger partial charge is 0.339 e. The summed E-state index contributed by atoms with van der Waals surface area (Å²) in [6.07, 6.45) is 0. The Bertz CT molecular complexity index is 1000. The van der Waals surface area contributed by atoms with Gasteiger partial charge in [0.2, 0.25) is 0 Å². The number of anilines is 1. The first-order valence-corrected chi connectivity index (χ1v) is 8.83. The fourth-order valence-electron chi connectivity index (χ4n) is 2.64. The summed E-state index contributed by atoms with van der Waals surface area (Å²) in [4.78, 5) is 28.9. The van der Waals surface area contributed by atoms with Gasteiger partial charge in [0.1, 0.15) is 0 Å². The molecule has 3 aromatic rings. The van der Waals surface area contributed by atoms with Crippen molar-refractivity contribution in [3.8, 4) is 0 Å². The van der Waals surface area contributed by atoms with Crippen molar-refractivity contribution in [1.29, 1.82) is 0 Å². The highest BCUT2D eigenvalue weighted by Gasteiger charge is 2.15. The molecular weight excluding hydrogens is 396 g/mol. The predicted molar refractivity (Wildman–Crippen MR) is 104 cm³/mol. The maximum atomic E-state index is 12.4. The van der Waals surface area contributed by atoms with E-state index < -0.39 is 5.97 Å². The van der Waals surface area contributed by atoms with Crippen molar-refractivity contribution in [2.24, 2.45) is 0 Å². The summed E-state index contributed by atoms with van der Waals surface area (Å²) in [5.74, 6) is -0.937. The van der Waals surface area contributed by atoms with Gasteiger partial charge in [0, 0.05) is 21.2 Å². The molecule has 0 bridgehead atoms. The number of nitrogens with zero attached hydrogens (tertiary/aromatic N) is 1. The Balaban J connectivity index is 1.70. The number of carbonyl (C=O) groups is 2. The van der Waals surface area contributed by atoms with Gasteiger partial charge in [-0.15, -0.1) is 0 Å². The maximum Gasteiger partial charge on any atom is 0.339 e. The average molecular weight is 413 g/mol. The van der Waals surface area contributed by atoms with E-state index in [0.717, 1.165) is 15.6 Å². The standard InChI is InChI=1S/C20H17BrN2O3/c1-12-9-14(21)7-8-17(12)23-19(24)11-26-20(25)16-10-13(2)22-18-6-4-3-5-15(16)18/h3-10H,11H2,1-2H3,(H,23,24). The van der Waals surface area contributed by atoms with Gasteiger partial charge < -0.3 is 10.1 Å². The number of hydrogen-bond acceptors (Lipinski definition) is 4. The Morgan fingerprint density at radius 2 is 1.88 bits per heavy atom. The summed E-state index contributed by atoms with van der Waals surface area (Å²) in [5.41, 5.74) is 3.43. The fraction of sp³-hybridized carbons (Fsp3) is 0.150. The molecule has 6 heteroatoms. The second-order valence-corrected chi connectivity index (χ2v) is 6.83. The molecule has 0 saturated heterocycles. The number of esters is 1. The van der Waals surface area contributed by atoms with Crippen LogP contribution in [-0.4, -0.2) is 23.5 Å². The van der Waals surface area contributed by atoms with Gasteiger partial charge in [-0.25, -0.2) is 4.79 Å². The quantitative estimate of drug-likeness (QED) is 0.644. The number of carbonyl (C=O) groups excluding carboxylic acids is 2. The molecule has 0 radical (unpaired) electrons. The van der Waals surface area contributed by atoms with Gasteiger partial charge in [0.25, 0.3) is 5.91 Å². The van der Waals surface area contributed by atoms with E-state index in [0.29, 0.717) is 22.3 Å². The molecule has 0 fully saturated rings. The Morgan fingerprint density at radius 3 is 2.65 bits per heavy atom. The highest BCUT2D eigenvalue weighted by atomic mass is 79.9. The number of benzene rings is 2. The number of para-hydroxylation sites is 1. The van der Waals surface area contributed by atoms with Gasteiger partial charge in [0.15, 0.2) is 6.61 Å². The molecule has 1 N–H and O–H groups in total. The van der Waals surface area contributed by atoms with Crippen molar-refractivity contribution in [3.63, 3.8) is 0 Å². The van der Waals surface area contributed by atoms with Crippen LogP contribution < -0.4 is 5.32 Å². The number of pyridine rings is 1. The van der Waals surface area contributed by atoms with E-state index in [-0.39, 0.29) is 12.5 Å². The molecule has 1 heterocycles. The van der Waals surface area contributed by atoms with Crippen LogP contribution in [0.3, 0.4) is 0 Å². The molecule has 1 aromatic heterocycles. The molecule has 5 nitrogen and oxygen atoms in total. The summed E-state index contributed by atoms with van der Waals surface area (Å²) in [6, 6.07) is 14.5. The number of amides is 1. The second kappa shape index (κ2) is 7.66. The largest absolute Gasteiger partial charge is 0.452 e. The van der Waals surface area contributed by atoms with Gasteiger partial charge in [0.05, 0.1) is 11.1 Å². The minimum atomic E-state index is -0.547. The van der Waals surface area contributed by atoms with Crippen LogP contribution >= 0.6 is 15.9 Å². The fourth-order valence-corrected chi connectivity index (χ4v) is 3.11. The van der Waals surface area contributed by atoms with Crippen molar-refractivity contribution in [1.82, 2.24) is 4.98 Å². The number of halogens is 1. The Morgan fingerprint density at radius 1 is 1.12 bits per heavy atom. The second-order valence-electron chi connectivity index (χ2n) is 5.91. The first-order chi connectivity index (χ1) is 12.4. The summed E-state index contributed by atoms with van der Waals surface area (Å²) < 4.78 is 6.13. The van der Waals surface area contributed by atoms with Crippen LogP contribution in [0.2, 0.25) is 0 Å². The normalized spacial score (nSPS) is 10.6. The van der Waals surface area contributed by atoms with Crippen LogP contribution in [0.4, 0.5) is 5.69 Å². The molecule has 1 amide bonds. The third-order valence-corrected chi connectivity index (χ3v) is 4.35. The lowest BCUT2D eigenvalue weighted by Crippen LogP contribution is -2.21. The highest BCUT2D eigenvalue weighted by molar-refractivity contribution is 9.10. The Kier molecular flexibility index (Phi) is 5.32. The van der Waals surface area contributed by atoms with Crippen molar-refractivity contribution < 1.29 is 14.3 Å². The van der Waals surface area contributed by atoms with Crippen molar-refractivity contribution in [2.75, 3.05) is 11.9 Å². The van der Waals surface area contributed by atoms with Crippen LogP contribution in [0.25, 0.3) is 10.9 Å². The van der Waals surface area contributed by atoms with Crippen LogP contribution in [0.5, 0.6) is 0 Å². The average Bonchev–Trinajstić information content (AvgIpc) is 2.61. The lowest BCUT2D eigenvalue weighted by molar-refractivity contribution is -0.119. The minimum Gasteiger partial charge on any atom is -0.452 e. The van der Waals surface area contributed by atoms with E-state index in [4.69, 9.17) is 4.74 Å². The third kappa shape index (κ3) is 4.08. The van der Waals surface area contributed by atoms with Gasteiger partial charge in [-0.2, -0.15) is 0 Å². The van der Waals surface area contributed by atoms with E-state index in [9.17, 15) is 9.59 Å². The molecule has 0 aliphatic carbocycles. The van der Waals surface area contributed by atoms with E-state index in [1.165, 1.54) is 0 Å². The molecule has 0 saturated carbocycles. The molecule has 26 heavy (non-hydrogen) atoms. The van der Waals surface area contributed by atoms with Crippen LogP contribution in [0.1, 0.15) is 21.6 Å². The zero-order chi connectivity index (χ0) is 18.7. The number of aryl methyl sites for hydroxylation is 2. The van der Waals surface area contributed by atoms with Crippen molar-refractivity contribution in [2.45, 2.75) is 13.8 Å². The molecule has 3 rings (SSSR count). The topological polar surface area (TPSA) is 68.3 Å². The van der Waals surface area contributed by atoms with Crippen LogP contribution in [0.15, 0.2) is 53.0 Å². The third-order valence-electron chi connectivity index (χ3n) is 3.86. The van der Waals surface area contributed by atoms with Crippen LogP contribution in [0, 0.1) is 13.8 Å². The predicted octanol–water partition coefficient (Wildman–Crippen LogP) is 4.41. The summed E-state index contributed by atoms with van der Waals surface area (Å²) in [7, 11) is 0. The van der Waals surface area contributed by atoms with Gasteiger partial charge >= 0.3 is 5.97 Å². The lowest BCUT2D eigenvalue weighted by Gasteiger charge is -2.10. The Hall–Kier alpha value is -2.73. The van der Waals surface area contributed by atoms with Gasteiger partial charge in [-0.1, -0.05) is 34.1 Å². The maximum absolute atomic E-state index is 12.4. The zero-order valence-electron chi connectivity index (χ0n) is 14.4. The number of rotatable bonds is 4. The van der Waals surface area contributed by atoms with E-state index in [2.05, 4.69) is 26.2 Å². The lowest BCUT2D eigenvalue weighted by atomic mass is 10.1. The summed E-state index contributed by atoms with van der Waals surface area (Å²) in [5, 5.41) is 3.44. The van der Waals surface area contributed by atoms with E-state index in [1.54, 1.807) is 12.1 Å². The summed E-state index contributed by atoms with van der Waals surface area (Å²) in [6.45, 7) is 3.34. The van der Waals surface area contributed by atoms with Crippen molar-refractivity contribution >= 4 is 44.4 Å². The highest BCUT2D eigenvalue weighted by Crippen LogP contribution is 2.21. The molecule has 0 aliphatic rings. The van der Waals surface area contributed by atoms with Gasteiger partial charge in [-0.05, 0) is 49.7 Å². The number of hydrogen-bond donors (Lipinski definition) is 1. The Labute approximate surface area is 159 Å². The molecule has 0 atom stereocenters. The number of nitrogens with one attached hydrogen (secondary N) is 1. The van der Waals surface area contributed by atoms with Crippen molar-refractivity contribution in [3.05, 3.63) is 69.8 Å². The van der Waals surface area contributed by atoms with Gasteiger partial charge in [-0.3, -0.25) is 9.78 Å². The number of fused-ring (bicyclic) bond motifs is 1. The monoisotopic (exact) mass is 412 g/mol. The molecule has 0 unspecified atom stereocenters. The van der Waals surface area contributed by atoms with E-state index >= 15 is 0 Å². The SMILES string of the molecule is Cc1cc(C(=O)OCC(=O)Nc2ccc(Br)cc2C)c2ccccc2n1. The molecule has 0 aliphatic heterocycles. The van der Waals surface area contributed by atoms with E-state index in [1.807, 2.05) is 50.2 Å². The van der Waals surface area contributed by atoms with Crippen LogP contribution in [-0.2, 0) is 9.53 Å². The summed E-state index contributed by atoms with van der Waals surface area (Å²) >= 11 is 3.38.